The van der Waals surface area contributed by atoms with Crippen LogP contribution in [-0.4, -0.2) is 11.9 Å². The molecule has 0 saturated heterocycles. The standard InChI is InChI=1S/C14H24N2O/c1-4-11-8-6-7-9-12(11)16-13(17)14(3,5-2)10-15/h11-12H,4-9H2,1-3H3,(H,16,17). The lowest BCUT2D eigenvalue weighted by atomic mass is 9.81. The van der Waals surface area contributed by atoms with Gasteiger partial charge in [0.15, 0.2) is 0 Å². The van der Waals surface area contributed by atoms with E-state index >= 15 is 0 Å². The molecule has 3 atom stereocenters. The molecule has 1 rings (SSSR count). The number of carbonyl (C=O) groups is 1. The van der Waals surface area contributed by atoms with Gasteiger partial charge in [0.05, 0.1) is 6.07 Å². The van der Waals surface area contributed by atoms with Crippen LogP contribution in [-0.2, 0) is 4.79 Å². The minimum atomic E-state index is -0.865. The first-order valence-corrected chi connectivity index (χ1v) is 6.79. The van der Waals surface area contributed by atoms with Crippen molar-refractivity contribution in [1.29, 1.82) is 5.26 Å². The smallest absolute Gasteiger partial charge is 0.240 e. The predicted molar refractivity (Wildman–Crippen MR) is 68.2 cm³/mol. The Balaban J connectivity index is 2.64. The highest BCUT2D eigenvalue weighted by Crippen LogP contribution is 2.28. The minimum absolute atomic E-state index is 0.0900. The Kier molecular flexibility index (Phi) is 4.99. The van der Waals surface area contributed by atoms with E-state index in [1.54, 1.807) is 6.92 Å². The highest BCUT2D eigenvalue weighted by Gasteiger charge is 2.34. The Morgan fingerprint density at radius 1 is 1.41 bits per heavy atom. The van der Waals surface area contributed by atoms with Gasteiger partial charge in [-0.2, -0.15) is 5.26 Å². The fraction of sp³-hybridized carbons (Fsp3) is 0.857. The third kappa shape index (κ3) is 3.21. The molecular formula is C14H24N2O. The number of hydrogen-bond donors (Lipinski definition) is 1. The first-order chi connectivity index (χ1) is 8.07. The Morgan fingerprint density at radius 3 is 2.59 bits per heavy atom. The fourth-order valence-corrected chi connectivity index (χ4v) is 2.50. The van der Waals surface area contributed by atoms with Crippen LogP contribution in [0, 0.1) is 22.7 Å². The van der Waals surface area contributed by atoms with Crippen LogP contribution in [0.1, 0.15) is 59.3 Å². The van der Waals surface area contributed by atoms with Gasteiger partial charge in [-0.15, -0.1) is 0 Å². The van der Waals surface area contributed by atoms with Gasteiger partial charge in [-0.1, -0.05) is 33.1 Å². The summed E-state index contributed by atoms with van der Waals surface area (Å²) in [6.07, 6.45) is 6.41. The van der Waals surface area contributed by atoms with Gasteiger partial charge in [0.1, 0.15) is 5.41 Å². The monoisotopic (exact) mass is 236 g/mol. The summed E-state index contributed by atoms with van der Waals surface area (Å²) in [5, 5.41) is 12.2. The van der Waals surface area contributed by atoms with Crippen LogP contribution in [0.15, 0.2) is 0 Å². The minimum Gasteiger partial charge on any atom is -0.352 e. The summed E-state index contributed by atoms with van der Waals surface area (Å²) in [6.45, 7) is 5.80. The summed E-state index contributed by atoms with van der Waals surface area (Å²) >= 11 is 0. The fourth-order valence-electron chi connectivity index (χ4n) is 2.50. The average molecular weight is 236 g/mol. The molecule has 1 aliphatic carbocycles. The summed E-state index contributed by atoms with van der Waals surface area (Å²) in [4.78, 5) is 12.1. The molecule has 0 aromatic carbocycles. The number of nitriles is 1. The van der Waals surface area contributed by atoms with Crippen molar-refractivity contribution in [3.05, 3.63) is 0 Å². The largest absolute Gasteiger partial charge is 0.352 e. The normalized spacial score (nSPS) is 27.9. The van der Waals surface area contributed by atoms with Gasteiger partial charge in [0.2, 0.25) is 5.91 Å². The lowest BCUT2D eigenvalue weighted by Gasteiger charge is -2.33. The van der Waals surface area contributed by atoms with E-state index in [1.807, 2.05) is 6.92 Å². The molecule has 0 aliphatic heterocycles. The molecule has 1 saturated carbocycles. The van der Waals surface area contributed by atoms with Gasteiger partial charge in [0.25, 0.3) is 0 Å². The van der Waals surface area contributed by atoms with Crippen LogP contribution >= 0.6 is 0 Å². The van der Waals surface area contributed by atoms with Crippen LogP contribution in [0.3, 0.4) is 0 Å². The Hall–Kier alpha value is -1.04. The van der Waals surface area contributed by atoms with Gasteiger partial charge in [-0.25, -0.2) is 0 Å². The third-order valence-corrected chi connectivity index (χ3v) is 4.20. The van der Waals surface area contributed by atoms with Gasteiger partial charge in [-0.3, -0.25) is 4.79 Å². The molecule has 96 valence electrons. The zero-order chi connectivity index (χ0) is 12.9. The first-order valence-electron chi connectivity index (χ1n) is 6.79. The van der Waals surface area contributed by atoms with E-state index in [-0.39, 0.29) is 11.9 Å². The summed E-state index contributed by atoms with van der Waals surface area (Å²) in [7, 11) is 0. The quantitative estimate of drug-likeness (QED) is 0.815. The molecule has 3 nitrogen and oxygen atoms in total. The molecule has 3 unspecified atom stereocenters. The highest BCUT2D eigenvalue weighted by molar-refractivity contribution is 5.85. The Bertz CT molecular complexity index is 308. The van der Waals surface area contributed by atoms with E-state index in [4.69, 9.17) is 5.26 Å². The lowest BCUT2D eigenvalue weighted by Crippen LogP contribution is -2.47. The van der Waals surface area contributed by atoms with Crippen molar-refractivity contribution in [3.8, 4) is 6.07 Å². The second-order valence-electron chi connectivity index (χ2n) is 5.33. The number of carbonyl (C=O) groups excluding carboxylic acids is 1. The van der Waals surface area contributed by atoms with Crippen molar-refractivity contribution in [2.24, 2.45) is 11.3 Å². The summed E-state index contributed by atoms with van der Waals surface area (Å²) in [5.41, 5.74) is -0.865. The molecule has 17 heavy (non-hydrogen) atoms. The van der Waals surface area contributed by atoms with Crippen LogP contribution in [0.4, 0.5) is 0 Å². The zero-order valence-corrected chi connectivity index (χ0v) is 11.3. The van der Waals surface area contributed by atoms with E-state index in [1.165, 1.54) is 19.3 Å². The second kappa shape index (κ2) is 6.05. The molecule has 0 aromatic heterocycles. The summed E-state index contributed by atoms with van der Waals surface area (Å²) in [6, 6.07) is 2.42. The molecule has 0 aromatic rings. The average Bonchev–Trinajstić information content (AvgIpc) is 2.38. The van der Waals surface area contributed by atoms with Gasteiger partial charge < -0.3 is 5.32 Å². The van der Waals surface area contributed by atoms with E-state index in [9.17, 15) is 4.79 Å². The predicted octanol–water partition coefficient (Wildman–Crippen LogP) is 3.01. The maximum Gasteiger partial charge on any atom is 0.240 e. The molecule has 1 aliphatic rings. The van der Waals surface area contributed by atoms with Gasteiger partial charge in [-0.05, 0) is 32.1 Å². The number of nitrogens with one attached hydrogen (secondary N) is 1. The van der Waals surface area contributed by atoms with Crippen LogP contribution in [0.25, 0.3) is 0 Å². The molecule has 0 bridgehead atoms. The number of rotatable bonds is 4. The Morgan fingerprint density at radius 2 is 2.06 bits per heavy atom. The van der Waals surface area contributed by atoms with Gasteiger partial charge in [0, 0.05) is 6.04 Å². The second-order valence-corrected chi connectivity index (χ2v) is 5.33. The van der Waals surface area contributed by atoms with Crippen molar-refractivity contribution in [2.75, 3.05) is 0 Å². The van der Waals surface area contributed by atoms with Crippen molar-refractivity contribution < 1.29 is 4.79 Å². The van der Waals surface area contributed by atoms with E-state index in [0.29, 0.717) is 12.3 Å². The molecular weight excluding hydrogens is 212 g/mol. The van der Waals surface area contributed by atoms with Crippen LogP contribution in [0.2, 0.25) is 0 Å². The maximum atomic E-state index is 12.1. The first kappa shape index (κ1) is 14.0. The van der Waals surface area contributed by atoms with Crippen molar-refractivity contribution in [2.45, 2.75) is 65.3 Å². The van der Waals surface area contributed by atoms with Crippen molar-refractivity contribution in [1.82, 2.24) is 5.32 Å². The van der Waals surface area contributed by atoms with E-state index < -0.39 is 5.41 Å². The molecule has 0 radical (unpaired) electrons. The number of amides is 1. The summed E-state index contributed by atoms with van der Waals surface area (Å²) < 4.78 is 0. The molecule has 0 spiro atoms. The maximum absolute atomic E-state index is 12.1. The van der Waals surface area contributed by atoms with E-state index in [2.05, 4.69) is 18.3 Å². The topological polar surface area (TPSA) is 52.9 Å². The number of nitrogens with zero attached hydrogens (tertiary/aromatic N) is 1. The molecule has 0 heterocycles. The zero-order valence-electron chi connectivity index (χ0n) is 11.3. The Labute approximate surface area is 105 Å². The summed E-state index contributed by atoms with van der Waals surface area (Å²) in [5.74, 6) is 0.500. The number of hydrogen-bond acceptors (Lipinski definition) is 2. The lowest BCUT2D eigenvalue weighted by molar-refractivity contribution is -0.129. The van der Waals surface area contributed by atoms with Crippen molar-refractivity contribution >= 4 is 5.91 Å². The van der Waals surface area contributed by atoms with Crippen LogP contribution < -0.4 is 5.32 Å². The molecule has 3 heteroatoms. The van der Waals surface area contributed by atoms with Crippen molar-refractivity contribution in [3.63, 3.8) is 0 Å². The highest BCUT2D eigenvalue weighted by atomic mass is 16.2. The third-order valence-electron chi connectivity index (χ3n) is 4.20. The molecule has 1 fully saturated rings. The van der Waals surface area contributed by atoms with Gasteiger partial charge >= 0.3 is 0 Å². The van der Waals surface area contributed by atoms with E-state index in [0.717, 1.165) is 12.8 Å². The molecule has 1 N–H and O–H groups in total. The van der Waals surface area contributed by atoms with Crippen LogP contribution in [0.5, 0.6) is 0 Å². The molecule has 1 amide bonds. The SMILES string of the molecule is CCC1CCCCC1NC(=O)C(C)(C#N)CC.